The summed E-state index contributed by atoms with van der Waals surface area (Å²) in [4.78, 5) is 25.9. The van der Waals surface area contributed by atoms with E-state index < -0.39 is 40.0 Å². The van der Waals surface area contributed by atoms with Gasteiger partial charge in [-0.2, -0.15) is 13.2 Å². The van der Waals surface area contributed by atoms with Crippen LogP contribution in [0.3, 0.4) is 0 Å². The number of pyridine rings is 1. The predicted octanol–water partition coefficient (Wildman–Crippen LogP) is 4.89. The van der Waals surface area contributed by atoms with E-state index in [1.165, 1.54) is 13.0 Å². The fraction of sp³-hybridized carbons (Fsp3) is 0.125. The van der Waals surface area contributed by atoms with Gasteiger partial charge >= 0.3 is 17.8 Å². The number of esters is 1. The second kappa shape index (κ2) is 6.58. The number of fused-ring (bicyclic) bond motifs is 1. The zero-order valence-corrected chi connectivity index (χ0v) is 14.2. The SMILES string of the molecule is Cc1c(C(=O)Oc2cc(F)ccc2[N+](=O)[O-])sc2nc(C(F)(F)F)ccc12. The summed E-state index contributed by atoms with van der Waals surface area (Å²) in [5.74, 6) is -2.52. The van der Waals surface area contributed by atoms with Crippen LogP contribution < -0.4 is 4.74 Å². The number of aryl methyl sites for hydroxylation is 1. The summed E-state index contributed by atoms with van der Waals surface area (Å²) in [6, 6.07) is 4.32. The lowest BCUT2D eigenvalue weighted by molar-refractivity contribution is -0.385. The van der Waals surface area contributed by atoms with Gasteiger partial charge in [-0.25, -0.2) is 14.2 Å². The Morgan fingerprint density at radius 1 is 1.26 bits per heavy atom. The maximum absolute atomic E-state index is 13.3. The molecule has 0 radical (unpaired) electrons. The van der Waals surface area contributed by atoms with Gasteiger partial charge in [0.25, 0.3) is 0 Å². The minimum atomic E-state index is -4.64. The summed E-state index contributed by atoms with van der Waals surface area (Å²) >= 11 is 0.651. The minimum Gasteiger partial charge on any atom is -0.415 e. The number of halogens is 4. The highest BCUT2D eigenvalue weighted by Crippen LogP contribution is 2.35. The largest absolute Gasteiger partial charge is 0.433 e. The molecule has 3 rings (SSSR count). The number of hydrogen-bond acceptors (Lipinski definition) is 6. The van der Waals surface area contributed by atoms with Crippen LogP contribution in [0, 0.1) is 22.9 Å². The Morgan fingerprint density at radius 2 is 1.96 bits per heavy atom. The van der Waals surface area contributed by atoms with Crippen molar-refractivity contribution in [1.82, 2.24) is 4.98 Å². The quantitative estimate of drug-likeness (QED) is 0.206. The molecular formula is C16H8F4N2O4S. The van der Waals surface area contributed by atoms with Gasteiger partial charge in [-0.15, -0.1) is 11.3 Å². The molecule has 0 spiro atoms. The third-order valence-electron chi connectivity index (χ3n) is 3.60. The fourth-order valence-electron chi connectivity index (χ4n) is 2.32. The molecule has 0 aliphatic carbocycles. The first-order chi connectivity index (χ1) is 12.6. The van der Waals surface area contributed by atoms with Crippen LogP contribution in [0.15, 0.2) is 30.3 Å². The smallest absolute Gasteiger partial charge is 0.415 e. The molecule has 2 aromatic heterocycles. The molecule has 0 aliphatic heterocycles. The highest BCUT2D eigenvalue weighted by atomic mass is 32.1. The van der Waals surface area contributed by atoms with Crippen molar-refractivity contribution in [3.63, 3.8) is 0 Å². The monoisotopic (exact) mass is 400 g/mol. The van der Waals surface area contributed by atoms with Crippen molar-refractivity contribution in [2.45, 2.75) is 13.1 Å². The average molecular weight is 400 g/mol. The van der Waals surface area contributed by atoms with Gasteiger partial charge in [-0.1, -0.05) is 0 Å². The zero-order chi connectivity index (χ0) is 19.9. The molecule has 0 atom stereocenters. The van der Waals surface area contributed by atoms with Gasteiger partial charge in [0.2, 0.25) is 5.75 Å². The van der Waals surface area contributed by atoms with Crippen LogP contribution in [0.4, 0.5) is 23.2 Å². The van der Waals surface area contributed by atoms with Crippen LogP contribution >= 0.6 is 11.3 Å². The Labute approximate surface area is 152 Å². The van der Waals surface area contributed by atoms with Gasteiger partial charge in [-0.3, -0.25) is 10.1 Å². The number of nitrogens with zero attached hydrogens (tertiary/aromatic N) is 2. The van der Waals surface area contributed by atoms with E-state index in [0.29, 0.717) is 28.4 Å². The maximum Gasteiger partial charge on any atom is 0.433 e. The molecule has 2 heterocycles. The van der Waals surface area contributed by atoms with Gasteiger partial charge in [0.1, 0.15) is 21.2 Å². The van der Waals surface area contributed by atoms with Crippen molar-refractivity contribution in [3.8, 4) is 5.75 Å². The zero-order valence-electron chi connectivity index (χ0n) is 13.3. The number of carbonyl (C=O) groups is 1. The van der Waals surface area contributed by atoms with E-state index in [-0.39, 0.29) is 9.71 Å². The van der Waals surface area contributed by atoms with E-state index in [1.54, 1.807) is 0 Å². The summed E-state index contributed by atoms with van der Waals surface area (Å²) in [7, 11) is 0. The Kier molecular flexibility index (Phi) is 4.56. The second-order valence-corrected chi connectivity index (χ2v) is 6.36. The van der Waals surface area contributed by atoms with Crippen molar-refractivity contribution in [2.24, 2.45) is 0 Å². The highest BCUT2D eigenvalue weighted by molar-refractivity contribution is 7.20. The lowest BCUT2D eigenvalue weighted by atomic mass is 10.2. The molecule has 0 aliphatic rings. The average Bonchev–Trinajstić information content (AvgIpc) is 2.90. The van der Waals surface area contributed by atoms with E-state index in [9.17, 15) is 32.5 Å². The van der Waals surface area contributed by atoms with Crippen molar-refractivity contribution in [2.75, 3.05) is 0 Å². The minimum absolute atomic E-state index is 0.0389. The number of benzene rings is 1. The van der Waals surface area contributed by atoms with Crippen LogP contribution in [0.2, 0.25) is 0 Å². The van der Waals surface area contributed by atoms with Gasteiger partial charge in [0, 0.05) is 17.5 Å². The summed E-state index contributed by atoms with van der Waals surface area (Å²) in [6.45, 7) is 1.48. The first-order valence-electron chi connectivity index (χ1n) is 7.21. The maximum atomic E-state index is 13.3. The number of carbonyl (C=O) groups excluding carboxylic acids is 1. The second-order valence-electron chi connectivity index (χ2n) is 5.36. The molecule has 0 unspecified atom stereocenters. The normalized spacial score (nSPS) is 11.6. The molecule has 11 heteroatoms. The third-order valence-corrected chi connectivity index (χ3v) is 4.78. The van der Waals surface area contributed by atoms with Gasteiger partial charge in [-0.05, 0) is 30.7 Å². The number of rotatable bonds is 3. The molecule has 0 N–H and O–H groups in total. The number of aromatic nitrogens is 1. The fourth-order valence-corrected chi connectivity index (χ4v) is 3.38. The Morgan fingerprint density at radius 3 is 2.59 bits per heavy atom. The first kappa shape index (κ1) is 18.7. The molecule has 0 fully saturated rings. The number of hydrogen-bond donors (Lipinski definition) is 0. The molecule has 0 saturated carbocycles. The van der Waals surface area contributed by atoms with Crippen LogP contribution in [0.25, 0.3) is 10.2 Å². The summed E-state index contributed by atoms with van der Waals surface area (Å²) in [5, 5.41) is 11.3. The number of nitro groups is 1. The predicted molar refractivity (Wildman–Crippen MR) is 87.4 cm³/mol. The van der Waals surface area contributed by atoms with Crippen molar-refractivity contribution in [1.29, 1.82) is 0 Å². The highest BCUT2D eigenvalue weighted by Gasteiger charge is 2.33. The molecule has 1 aromatic carbocycles. The molecule has 27 heavy (non-hydrogen) atoms. The number of ether oxygens (including phenoxy) is 1. The Hall–Kier alpha value is -3.08. The molecular weight excluding hydrogens is 392 g/mol. The van der Waals surface area contributed by atoms with Crippen molar-refractivity contribution in [3.05, 3.63) is 62.4 Å². The number of nitro benzene ring substituents is 1. The van der Waals surface area contributed by atoms with Crippen LogP contribution in [0.1, 0.15) is 20.9 Å². The first-order valence-corrected chi connectivity index (χ1v) is 8.03. The van der Waals surface area contributed by atoms with Gasteiger partial charge in [0.05, 0.1) is 4.92 Å². The van der Waals surface area contributed by atoms with Gasteiger partial charge < -0.3 is 4.74 Å². The molecule has 140 valence electrons. The molecule has 3 aromatic rings. The lowest BCUT2D eigenvalue weighted by Crippen LogP contribution is -2.09. The molecule has 0 bridgehead atoms. The van der Waals surface area contributed by atoms with E-state index in [2.05, 4.69) is 4.98 Å². The van der Waals surface area contributed by atoms with E-state index >= 15 is 0 Å². The Balaban J connectivity index is 2.01. The van der Waals surface area contributed by atoms with E-state index in [4.69, 9.17) is 4.74 Å². The number of alkyl halides is 3. The van der Waals surface area contributed by atoms with Crippen LogP contribution in [-0.2, 0) is 6.18 Å². The summed E-state index contributed by atoms with van der Waals surface area (Å²) < 4.78 is 56.6. The summed E-state index contributed by atoms with van der Waals surface area (Å²) in [5.41, 5.74) is -1.43. The molecule has 0 saturated heterocycles. The van der Waals surface area contributed by atoms with Gasteiger partial charge in [0.15, 0.2) is 0 Å². The molecule has 6 nitrogen and oxygen atoms in total. The van der Waals surface area contributed by atoms with Crippen molar-refractivity contribution >= 4 is 33.2 Å². The van der Waals surface area contributed by atoms with E-state index in [0.717, 1.165) is 18.2 Å². The standard InChI is InChI=1S/C16H8F4N2O4S/c1-7-9-3-5-12(16(18,19)20)21-14(9)27-13(7)15(23)26-11-6-8(17)2-4-10(11)22(24)25/h2-6H,1H3. The third kappa shape index (κ3) is 3.58. The summed E-state index contributed by atoms with van der Waals surface area (Å²) in [6.07, 6.45) is -4.64. The topological polar surface area (TPSA) is 82.3 Å². The lowest BCUT2D eigenvalue weighted by Gasteiger charge is -2.04. The molecule has 0 amide bonds. The number of thiophene rings is 1. The van der Waals surface area contributed by atoms with E-state index in [1.807, 2.05) is 0 Å². The van der Waals surface area contributed by atoms with Crippen molar-refractivity contribution < 1.29 is 32.0 Å². The Bertz CT molecular complexity index is 1080. The van der Waals surface area contributed by atoms with Crippen LogP contribution in [-0.4, -0.2) is 15.9 Å². The van der Waals surface area contributed by atoms with Crippen LogP contribution in [0.5, 0.6) is 5.75 Å².